The maximum absolute atomic E-state index is 11.7. The monoisotopic (exact) mass is 220 g/mol. The van der Waals surface area contributed by atoms with Crippen LogP contribution in [0, 0.1) is 5.92 Å². The number of aliphatic hydroxyl groups excluding tert-OH is 1. The molecule has 0 aliphatic carbocycles. The lowest BCUT2D eigenvalue weighted by Gasteiger charge is -2.28. The molecule has 1 heterocycles. The third-order valence-corrected chi connectivity index (χ3v) is 2.85. The van der Waals surface area contributed by atoms with Crippen LogP contribution >= 0.6 is 0 Å². The first-order valence-electron chi connectivity index (χ1n) is 5.48. The van der Waals surface area contributed by atoms with Crippen LogP contribution in [0.15, 0.2) is 30.3 Å². The summed E-state index contributed by atoms with van der Waals surface area (Å²) in [5.74, 6) is 0.0689. The summed E-state index contributed by atoms with van der Waals surface area (Å²) >= 11 is 0. The molecule has 1 fully saturated rings. The number of hydrogen-bond acceptors (Lipinski definition) is 3. The average molecular weight is 220 g/mol. The average Bonchev–Trinajstić information content (AvgIpc) is 2.24. The molecule has 0 bridgehead atoms. The minimum atomic E-state index is -0.297. The van der Waals surface area contributed by atoms with Gasteiger partial charge in [0.25, 0.3) is 0 Å². The lowest BCUT2D eigenvalue weighted by Crippen LogP contribution is -2.51. The molecule has 1 aromatic carbocycles. The molecule has 1 amide bonds. The molecule has 0 radical (unpaired) electrons. The van der Waals surface area contributed by atoms with Crippen LogP contribution < -0.4 is 10.6 Å². The van der Waals surface area contributed by atoms with Crippen molar-refractivity contribution in [3.63, 3.8) is 0 Å². The van der Waals surface area contributed by atoms with E-state index in [4.69, 9.17) is 0 Å². The van der Waals surface area contributed by atoms with Gasteiger partial charge < -0.3 is 15.7 Å². The van der Waals surface area contributed by atoms with Gasteiger partial charge in [0.2, 0.25) is 5.91 Å². The van der Waals surface area contributed by atoms with Gasteiger partial charge in [-0.1, -0.05) is 30.3 Å². The van der Waals surface area contributed by atoms with Gasteiger partial charge in [0.15, 0.2) is 0 Å². The van der Waals surface area contributed by atoms with Crippen LogP contribution in [-0.2, 0) is 4.79 Å². The van der Waals surface area contributed by atoms with E-state index in [0.717, 1.165) is 18.7 Å². The fraction of sp³-hybridized carbons (Fsp3) is 0.417. The zero-order chi connectivity index (χ0) is 11.4. The Labute approximate surface area is 94.7 Å². The normalized spacial score (nSPS) is 17.6. The Morgan fingerprint density at radius 3 is 2.62 bits per heavy atom. The summed E-state index contributed by atoms with van der Waals surface area (Å²) in [4.78, 5) is 11.7. The van der Waals surface area contributed by atoms with Crippen molar-refractivity contribution in [1.29, 1.82) is 0 Å². The SMILES string of the molecule is O=C(NC(CO)c1ccccc1)C1CNC1. The van der Waals surface area contributed by atoms with Crippen LogP contribution in [-0.4, -0.2) is 30.7 Å². The molecule has 86 valence electrons. The largest absolute Gasteiger partial charge is 0.394 e. The summed E-state index contributed by atoms with van der Waals surface area (Å²) in [5, 5.41) is 15.2. The third-order valence-electron chi connectivity index (χ3n) is 2.85. The molecular formula is C12H16N2O2. The first-order chi connectivity index (χ1) is 7.81. The van der Waals surface area contributed by atoms with Gasteiger partial charge in [-0.3, -0.25) is 4.79 Å². The summed E-state index contributed by atoms with van der Waals surface area (Å²) < 4.78 is 0. The predicted octanol–water partition coefficient (Wildman–Crippen LogP) is 0.0556. The van der Waals surface area contributed by atoms with E-state index in [0.29, 0.717) is 0 Å². The highest BCUT2D eigenvalue weighted by molar-refractivity contribution is 5.80. The first kappa shape index (κ1) is 11.1. The van der Waals surface area contributed by atoms with Crippen molar-refractivity contribution in [3.05, 3.63) is 35.9 Å². The molecule has 0 saturated carbocycles. The highest BCUT2D eigenvalue weighted by Gasteiger charge is 2.26. The molecule has 16 heavy (non-hydrogen) atoms. The van der Waals surface area contributed by atoms with Gasteiger partial charge in [-0.05, 0) is 5.56 Å². The second-order valence-corrected chi connectivity index (χ2v) is 4.01. The number of carbonyl (C=O) groups is 1. The Morgan fingerprint density at radius 2 is 2.12 bits per heavy atom. The molecule has 0 spiro atoms. The smallest absolute Gasteiger partial charge is 0.226 e. The highest BCUT2D eigenvalue weighted by Crippen LogP contribution is 2.13. The zero-order valence-electron chi connectivity index (χ0n) is 9.02. The summed E-state index contributed by atoms with van der Waals surface area (Å²) in [6.07, 6.45) is 0. The molecule has 1 aliphatic heterocycles. The molecule has 4 nitrogen and oxygen atoms in total. The van der Waals surface area contributed by atoms with Gasteiger partial charge in [-0.15, -0.1) is 0 Å². The van der Waals surface area contributed by atoms with E-state index in [1.54, 1.807) is 0 Å². The van der Waals surface area contributed by atoms with E-state index in [-0.39, 0.29) is 24.5 Å². The van der Waals surface area contributed by atoms with Crippen LogP contribution in [0.4, 0.5) is 0 Å². The number of rotatable bonds is 4. The van der Waals surface area contributed by atoms with Crippen LogP contribution in [0.1, 0.15) is 11.6 Å². The molecule has 1 unspecified atom stereocenters. The van der Waals surface area contributed by atoms with Crippen LogP contribution in [0.25, 0.3) is 0 Å². The van der Waals surface area contributed by atoms with E-state index in [1.807, 2.05) is 30.3 Å². The number of amides is 1. The molecule has 2 rings (SSSR count). The van der Waals surface area contributed by atoms with E-state index in [9.17, 15) is 9.90 Å². The van der Waals surface area contributed by atoms with Crippen LogP contribution in [0.5, 0.6) is 0 Å². The molecule has 3 N–H and O–H groups in total. The Morgan fingerprint density at radius 1 is 1.44 bits per heavy atom. The highest BCUT2D eigenvalue weighted by atomic mass is 16.3. The van der Waals surface area contributed by atoms with Gasteiger partial charge in [0.1, 0.15) is 0 Å². The van der Waals surface area contributed by atoms with Gasteiger partial charge in [-0.2, -0.15) is 0 Å². The van der Waals surface area contributed by atoms with E-state index in [1.165, 1.54) is 0 Å². The molecule has 1 saturated heterocycles. The minimum absolute atomic E-state index is 0.0154. The van der Waals surface area contributed by atoms with Crippen molar-refractivity contribution in [2.45, 2.75) is 6.04 Å². The maximum Gasteiger partial charge on any atom is 0.226 e. The lowest BCUT2D eigenvalue weighted by atomic mass is 10.0. The molecule has 1 atom stereocenters. The minimum Gasteiger partial charge on any atom is -0.394 e. The fourth-order valence-electron chi connectivity index (χ4n) is 1.68. The number of nitrogens with one attached hydrogen (secondary N) is 2. The Bertz CT molecular complexity index is 349. The Kier molecular flexibility index (Phi) is 3.54. The standard InChI is InChI=1S/C12H16N2O2/c15-8-11(9-4-2-1-3-5-9)14-12(16)10-6-13-7-10/h1-5,10-11,13,15H,6-8H2,(H,14,16). The van der Waals surface area contributed by atoms with Crippen molar-refractivity contribution in [2.75, 3.05) is 19.7 Å². The fourth-order valence-corrected chi connectivity index (χ4v) is 1.68. The Balaban J connectivity index is 1.97. The lowest BCUT2D eigenvalue weighted by molar-refractivity contribution is -0.127. The van der Waals surface area contributed by atoms with Gasteiger partial charge >= 0.3 is 0 Å². The third kappa shape index (κ3) is 2.40. The number of carbonyl (C=O) groups excluding carboxylic acids is 1. The van der Waals surface area contributed by atoms with Crippen molar-refractivity contribution in [1.82, 2.24) is 10.6 Å². The number of hydrogen-bond donors (Lipinski definition) is 3. The van der Waals surface area contributed by atoms with Gasteiger partial charge in [0, 0.05) is 13.1 Å². The van der Waals surface area contributed by atoms with Crippen molar-refractivity contribution >= 4 is 5.91 Å². The molecule has 4 heteroatoms. The van der Waals surface area contributed by atoms with Crippen LogP contribution in [0.3, 0.4) is 0 Å². The van der Waals surface area contributed by atoms with E-state index in [2.05, 4.69) is 10.6 Å². The first-order valence-corrected chi connectivity index (χ1v) is 5.48. The second-order valence-electron chi connectivity index (χ2n) is 4.01. The topological polar surface area (TPSA) is 61.4 Å². The van der Waals surface area contributed by atoms with Gasteiger partial charge in [0.05, 0.1) is 18.6 Å². The summed E-state index contributed by atoms with van der Waals surface area (Å²) in [6.45, 7) is 1.40. The maximum atomic E-state index is 11.7. The second kappa shape index (κ2) is 5.09. The number of benzene rings is 1. The zero-order valence-corrected chi connectivity index (χ0v) is 9.02. The van der Waals surface area contributed by atoms with Crippen molar-refractivity contribution < 1.29 is 9.90 Å². The van der Waals surface area contributed by atoms with E-state index >= 15 is 0 Å². The summed E-state index contributed by atoms with van der Waals surface area (Å²) in [5.41, 5.74) is 0.936. The van der Waals surface area contributed by atoms with Crippen LogP contribution in [0.2, 0.25) is 0 Å². The van der Waals surface area contributed by atoms with Gasteiger partial charge in [-0.25, -0.2) is 0 Å². The molecule has 1 aliphatic rings. The molecule has 0 aromatic heterocycles. The van der Waals surface area contributed by atoms with E-state index < -0.39 is 0 Å². The molecule has 1 aromatic rings. The number of aliphatic hydroxyl groups is 1. The summed E-state index contributed by atoms with van der Waals surface area (Å²) in [6, 6.07) is 9.22. The summed E-state index contributed by atoms with van der Waals surface area (Å²) in [7, 11) is 0. The quantitative estimate of drug-likeness (QED) is 0.672. The molecular weight excluding hydrogens is 204 g/mol. The van der Waals surface area contributed by atoms with Crippen molar-refractivity contribution in [3.8, 4) is 0 Å². The predicted molar refractivity (Wildman–Crippen MR) is 60.8 cm³/mol. The Hall–Kier alpha value is -1.39. The van der Waals surface area contributed by atoms with Crippen molar-refractivity contribution in [2.24, 2.45) is 5.92 Å².